The summed E-state index contributed by atoms with van der Waals surface area (Å²) in [5.74, 6) is 0.190. The second-order valence-electron chi connectivity index (χ2n) is 5.77. The number of hydrogen-bond acceptors (Lipinski definition) is 6. The summed E-state index contributed by atoms with van der Waals surface area (Å²) in [5.41, 5.74) is 1.74. The highest BCUT2D eigenvalue weighted by molar-refractivity contribution is 5.73. The van der Waals surface area contributed by atoms with Crippen molar-refractivity contribution in [1.29, 1.82) is 0 Å². The first kappa shape index (κ1) is 17.7. The van der Waals surface area contributed by atoms with Gasteiger partial charge in [0.1, 0.15) is 30.1 Å². The molecule has 5 atom stereocenters. The second kappa shape index (κ2) is 7.27. The van der Waals surface area contributed by atoms with Crippen molar-refractivity contribution in [2.45, 2.75) is 51.4 Å². The molecule has 1 aromatic carbocycles. The van der Waals surface area contributed by atoms with E-state index in [0.29, 0.717) is 5.75 Å². The maximum Gasteiger partial charge on any atom is 0.223 e. The van der Waals surface area contributed by atoms with E-state index < -0.39 is 37.3 Å². The van der Waals surface area contributed by atoms with Crippen molar-refractivity contribution in [3.05, 3.63) is 29.3 Å². The topological polar surface area (TPSA) is 108 Å². The van der Waals surface area contributed by atoms with Crippen molar-refractivity contribution in [3.63, 3.8) is 0 Å². The lowest BCUT2D eigenvalue weighted by atomic mass is 9.97. The highest BCUT2D eigenvalue weighted by Crippen LogP contribution is 2.28. The van der Waals surface area contributed by atoms with Gasteiger partial charge in [0, 0.05) is 6.92 Å². The van der Waals surface area contributed by atoms with Crippen LogP contribution in [0.5, 0.6) is 5.75 Å². The number of aliphatic hydroxyl groups is 3. The molecule has 1 heterocycles. The Morgan fingerprint density at radius 3 is 2.39 bits per heavy atom. The van der Waals surface area contributed by atoms with Gasteiger partial charge in [0.2, 0.25) is 12.2 Å². The number of aryl methyl sites for hydroxylation is 2. The van der Waals surface area contributed by atoms with Crippen LogP contribution in [0.15, 0.2) is 18.2 Å². The maximum atomic E-state index is 11.4. The lowest BCUT2D eigenvalue weighted by molar-refractivity contribution is -0.244. The minimum atomic E-state index is -1.32. The monoisotopic (exact) mass is 325 g/mol. The smallest absolute Gasteiger partial charge is 0.223 e. The zero-order valence-electron chi connectivity index (χ0n) is 13.4. The standard InChI is InChI=1S/C16H23NO6/c1-8-5-4-6-9(2)15(8)23-16-12(17-10(3)19)14(21)13(20)11(7-18)22-16/h4-6,11-14,16,18,20-21H,7H2,1-3H3,(H,17,19)/t11-,12+,13-,14-,16+/m1/s1. The van der Waals surface area contributed by atoms with Crippen LogP contribution in [0.1, 0.15) is 18.1 Å². The van der Waals surface area contributed by atoms with E-state index in [4.69, 9.17) is 9.47 Å². The molecule has 0 spiro atoms. The first-order valence-electron chi connectivity index (χ1n) is 7.47. The predicted octanol–water partition coefficient (Wildman–Crippen LogP) is -0.374. The molecular weight excluding hydrogens is 302 g/mol. The molecule has 0 radical (unpaired) electrons. The molecule has 128 valence electrons. The molecule has 0 aromatic heterocycles. The van der Waals surface area contributed by atoms with E-state index in [0.717, 1.165) is 11.1 Å². The molecule has 23 heavy (non-hydrogen) atoms. The van der Waals surface area contributed by atoms with Gasteiger partial charge in [-0.05, 0) is 25.0 Å². The van der Waals surface area contributed by atoms with Crippen LogP contribution in [0.2, 0.25) is 0 Å². The third kappa shape index (κ3) is 3.81. The van der Waals surface area contributed by atoms with Crippen LogP contribution in [0.25, 0.3) is 0 Å². The molecule has 0 bridgehead atoms. The van der Waals surface area contributed by atoms with Crippen LogP contribution in [-0.2, 0) is 9.53 Å². The van der Waals surface area contributed by atoms with Crippen LogP contribution in [0.3, 0.4) is 0 Å². The van der Waals surface area contributed by atoms with Gasteiger partial charge in [-0.1, -0.05) is 18.2 Å². The van der Waals surface area contributed by atoms with E-state index in [9.17, 15) is 20.1 Å². The number of aliphatic hydroxyl groups excluding tert-OH is 3. The van der Waals surface area contributed by atoms with Crippen LogP contribution >= 0.6 is 0 Å². The molecule has 2 rings (SSSR count). The summed E-state index contributed by atoms with van der Waals surface area (Å²) in [7, 11) is 0. The van der Waals surface area contributed by atoms with Crippen LogP contribution in [0, 0.1) is 13.8 Å². The fourth-order valence-electron chi connectivity index (χ4n) is 2.67. The van der Waals surface area contributed by atoms with E-state index in [-0.39, 0.29) is 5.91 Å². The molecule has 1 aliphatic rings. The number of ether oxygens (including phenoxy) is 2. The van der Waals surface area contributed by atoms with E-state index in [1.807, 2.05) is 32.0 Å². The quantitative estimate of drug-likeness (QED) is 0.601. The number of carbonyl (C=O) groups is 1. The number of hydrogen-bond donors (Lipinski definition) is 4. The van der Waals surface area contributed by atoms with Crippen molar-refractivity contribution in [1.82, 2.24) is 5.32 Å². The van der Waals surface area contributed by atoms with Gasteiger partial charge in [-0.25, -0.2) is 0 Å². The average Bonchev–Trinajstić information content (AvgIpc) is 2.49. The Labute approximate surface area is 134 Å². The Balaban J connectivity index is 2.29. The zero-order valence-corrected chi connectivity index (χ0v) is 13.4. The number of benzene rings is 1. The van der Waals surface area contributed by atoms with E-state index >= 15 is 0 Å². The van der Waals surface area contributed by atoms with Crippen molar-refractivity contribution in [3.8, 4) is 5.75 Å². The Kier molecular flexibility index (Phi) is 5.59. The number of para-hydroxylation sites is 1. The van der Waals surface area contributed by atoms with Crippen molar-refractivity contribution in [2.24, 2.45) is 0 Å². The van der Waals surface area contributed by atoms with E-state index in [1.165, 1.54) is 6.92 Å². The first-order chi connectivity index (χ1) is 10.8. The molecular formula is C16H23NO6. The molecule has 0 saturated carbocycles. The van der Waals surface area contributed by atoms with Crippen LogP contribution in [-0.4, -0.2) is 58.5 Å². The summed E-state index contributed by atoms with van der Waals surface area (Å²) >= 11 is 0. The summed E-state index contributed by atoms with van der Waals surface area (Å²) in [6.07, 6.45) is -4.67. The van der Waals surface area contributed by atoms with Gasteiger partial charge in [-0.3, -0.25) is 4.79 Å². The Bertz CT molecular complexity index is 543. The lowest BCUT2D eigenvalue weighted by Crippen LogP contribution is -2.65. The Hall–Kier alpha value is -1.67. The summed E-state index contributed by atoms with van der Waals surface area (Å²) in [6, 6.07) is 4.67. The molecule has 1 aliphatic heterocycles. The molecule has 1 saturated heterocycles. The van der Waals surface area contributed by atoms with Gasteiger partial charge in [-0.15, -0.1) is 0 Å². The average molecular weight is 325 g/mol. The normalized spacial score (nSPS) is 30.8. The zero-order chi connectivity index (χ0) is 17.1. The molecule has 1 aromatic rings. The van der Waals surface area contributed by atoms with Crippen molar-refractivity contribution >= 4 is 5.91 Å². The minimum absolute atomic E-state index is 0.387. The SMILES string of the molecule is CC(=O)N[C@@H]1[C@H](Oc2c(C)cccc2C)O[C@H](CO)[C@@H](O)[C@@H]1O. The van der Waals surface area contributed by atoms with Gasteiger partial charge < -0.3 is 30.1 Å². The molecule has 0 aliphatic carbocycles. The fraction of sp³-hybridized carbons (Fsp3) is 0.562. The molecule has 0 unspecified atom stereocenters. The Morgan fingerprint density at radius 1 is 1.26 bits per heavy atom. The second-order valence-corrected chi connectivity index (χ2v) is 5.77. The largest absolute Gasteiger partial charge is 0.462 e. The van der Waals surface area contributed by atoms with Crippen molar-refractivity contribution in [2.75, 3.05) is 6.61 Å². The Morgan fingerprint density at radius 2 is 1.87 bits per heavy atom. The minimum Gasteiger partial charge on any atom is -0.462 e. The van der Waals surface area contributed by atoms with Crippen LogP contribution < -0.4 is 10.1 Å². The van der Waals surface area contributed by atoms with Crippen LogP contribution in [0.4, 0.5) is 0 Å². The summed E-state index contributed by atoms with van der Waals surface area (Å²) in [6.45, 7) is 4.56. The number of amides is 1. The summed E-state index contributed by atoms with van der Waals surface area (Å²) in [4.78, 5) is 11.4. The predicted molar refractivity (Wildman–Crippen MR) is 81.9 cm³/mol. The molecule has 1 fully saturated rings. The molecule has 7 heteroatoms. The molecule has 1 amide bonds. The van der Waals surface area contributed by atoms with Gasteiger partial charge in [-0.2, -0.15) is 0 Å². The van der Waals surface area contributed by atoms with Gasteiger partial charge in [0.25, 0.3) is 0 Å². The number of nitrogens with one attached hydrogen (secondary N) is 1. The van der Waals surface area contributed by atoms with Gasteiger partial charge in [0.05, 0.1) is 6.61 Å². The maximum absolute atomic E-state index is 11.4. The number of carbonyl (C=O) groups excluding carboxylic acids is 1. The van der Waals surface area contributed by atoms with E-state index in [2.05, 4.69) is 5.32 Å². The molecule has 4 N–H and O–H groups in total. The van der Waals surface area contributed by atoms with Gasteiger partial charge in [0.15, 0.2) is 0 Å². The highest BCUT2D eigenvalue weighted by Gasteiger charge is 2.46. The van der Waals surface area contributed by atoms with E-state index in [1.54, 1.807) is 0 Å². The van der Waals surface area contributed by atoms with Gasteiger partial charge >= 0.3 is 0 Å². The summed E-state index contributed by atoms with van der Waals surface area (Å²) in [5, 5.41) is 32.0. The third-order valence-electron chi connectivity index (χ3n) is 3.89. The fourth-order valence-corrected chi connectivity index (χ4v) is 2.67. The van der Waals surface area contributed by atoms with Crippen molar-refractivity contribution < 1.29 is 29.6 Å². The lowest BCUT2D eigenvalue weighted by Gasteiger charge is -2.42. The highest BCUT2D eigenvalue weighted by atomic mass is 16.7. The number of rotatable bonds is 4. The summed E-state index contributed by atoms with van der Waals surface area (Å²) < 4.78 is 11.4. The molecule has 7 nitrogen and oxygen atoms in total. The first-order valence-corrected chi connectivity index (χ1v) is 7.47. The third-order valence-corrected chi connectivity index (χ3v) is 3.89.